The van der Waals surface area contributed by atoms with Crippen LogP contribution in [0.4, 0.5) is 4.39 Å². The van der Waals surface area contributed by atoms with Gasteiger partial charge in [-0.25, -0.2) is 4.39 Å². The number of rotatable bonds is 2. The van der Waals surface area contributed by atoms with Crippen LogP contribution in [-0.2, 0) is 4.74 Å². The number of ether oxygens (including phenoxy) is 1. The van der Waals surface area contributed by atoms with E-state index in [2.05, 4.69) is 0 Å². The maximum absolute atomic E-state index is 12.8. The van der Waals surface area contributed by atoms with Gasteiger partial charge in [-0.15, -0.1) is 0 Å². The lowest BCUT2D eigenvalue weighted by atomic mass is 10.1. The predicted octanol–water partition coefficient (Wildman–Crippen LogP) is 0.625. The molecule has 1 aliphatic heterocycles. The molecule has 1 saturated heterocycles. The fourth-order valence-corrected chi connectivity index (χ4v) is 1.88. The minimum Gasteiger partial charge on any atom is -0.377 e. The second kappa shape index (κ2) is 5.25. The van der Waals surface area contributed by atoms with Crippen LogP contribution in [-0.4, -0.2) is 43.2 Å². The van der Waals surface area contributed by atoms with Crippen molar-refractivity contribution in [2.75, 3.05) is 26.3 Å². The lowest BCUT2D eigenvalue weighted by Crippen LogP contribution is -2.52. The highest BCUT2D eigenvalue weighted by molar-refractivity contribution is 5.94. The van der Waals surface area contributed by atoms with Gasteiger partial charge in [0, 0.05) is 18.7 Å². The molecule has 2 rings (SSSR count). The zero-order valence-electron chi connectivity index (χ0n) is 9.43. The summed E-state index contributed by atoms with van der Waals surface area (Å²) in [5, 5.41) is 0. The normalized spacial score (nSPS) is 20.4. The summed E-state index contributed by atoms with van der Waals surface area (Å²) in [6.45, 7) is 1.87. The number of nitrogens with two attached hydrogens (primary N) is 1. The number of carbonyl (C=O) groups is 1. The molecular weight excluding hydrogens is 223 g/mol. The van der Waals surface area contributed by atoms with Gasteiger partial charge in [-0.2, -0.15) is 0 Å². The van der Waals surface area contributed by atoms with Crippen LogP contribution >= 0.6 is 0 Å². The summed E-state index contributed by atoms with van der Waals surface area (Å²) in [6.07, 6.45) is 0. The molecule has 0 aliphatic carbocycles. The van der Waals surface area contributed by atoms with Gasteiger partial charge in [0.25, 0.3) is 5.91 Å². The Morgan fingerprint density at radius 1 is 1.47 bits per heavy atom. The average molecular weight is 238 g/mol. The van der Waals surface area contributed by atoms with Gasteiger partial charge in [0.2, 0.25) is 0 Å². The fourth-order valence-electron chi connectivity index (χ4n) is 1.88. The van der Waals surface area contributed by atoms with E-state index >= 15 is 0 Å². The van der Waals surface area contributed by atoms with Crippen LogP contribution in [0.3, 0.4) is 0 Å². The maximum Gasteiger partial charge on any atom is 0.254 e. The highest BCUT2D eigenvalue weighted by Gasteiger charge is 2.26. The second-order valence-corrected chi connectivity index (χ2v) is 3.97. The first kappa shape index (κ1) is 12.0. The first-order valence-electron chi connectivity index (χ1n) is 5.56. The Bertz CT molecular complexity index is 394. The Balaban J connectivity index is 2.15. The number of amides is 1. The standard InChI is InChI=1S/C12H15FN2O2/c13-10-3-1-9(2-4-10)12(16)15-5-6-17-8-11(15)7-14/h1-4,11H,5-8,14H2. The highest BCUT2D eigenvalue weighted by atomic mass is 19.1. The molecule has 1 unspecified atom stereocenters. The van der Waals surface area contributed by atoms with Crippen molar-refractivity contribution in [2.45, 2.75) is 6.04 Å². The van der Waals surface area contributed by atoms with Gasteiger partial charge in [-0.1, -0.05) is 0 Å². The topological polar surface area (TPSA) is 55.6 Å². The van der Waals surface area contributed by atoms with E-state index in [0.29, 0.717) is 31.9 Å². The predicted molar refractivity (Wildman–Crippen MR) is 61.1 cm³/mol. The van der Waals surface area contributed by atoms with Gasteiger partial charge in [-0.05, 0) is 24.3 Å². The molecule has 0 saturated carbocycles. The average Bonchev–Trinajstić information content (AvgIpc) is 2.39. The van der Waals surface area contributed by atoms with Crippen LogP contribution in [0.2, 0.25) is 0 Å². The number of hydrogen-bond acceptors (Lipinski definition) is 3. The molecule has 0 radical (unpaired) electrons. The largest absolute Gasteiger partial charge is 0.377 e. The van der Waals surface area contributed by atoms with Crippen molar-refractivity contribution in [2.24, 2.45) is 5.73 Å². The van der Waals surface area contributed by atoms with Gasteiger partial charge in [0.05, 0.1) is 19.3 Å². The molecule has 1 aromatic carbocycles. The fraction of sp³-hybridized carbons (Fsp3) is 0.417. The van der Waals surface area contributed by atoms with E-state index in [9.17, 15) is 9.18 Å². The minimum atomic E-state index is -0.348. The zero-order valence-corrected chi connectivity index (χ0v) is 9.43. The third-order valence-electron chi connectivity index (χ3n) is 2.85. The maximum atomic E-state index is 12.8. The van der Waals surface area contributed by atoms with Crippen LogP contribution in [0.25, 0.3) is 0 Å². The highest BCUT2D eigenvalue weighted by Crippen LogP contribution is 2.12. The number of hydrogen-bond donors (Lipinski definition) is 1. The van der Waals surface area contributed by atoms with Gasteiger partial charge in [-0.3, -0.25) is 4.79 Å². The molecule has 17 heavy (non-hydrogen) atoms. The van der Waals surface area contributed by atoms with Crippen molar-refractivity contribution in [3.05, 3.63) is 35.6 Å². The molecule has 2 N–H and O–H groups in total. The summed E-state index contributed by atoms with van der Waals surface area (Å²) >= 11 is 0. The van der Waals surface area contributed by atoms with Crippen molar-refractivity contribution in [1.29, 1.82) is 0 Å². The lowest BCUT2D eigenvalue weighted by Gasteiger charge is -2.34. The Morgan fingerprint density at radius 3 is 2.82 bits per heavy atom. The summed E-state index contributed by atoms with van der Waals surface area (Å²) in [5.74, 6) is -0.470. The van der Waals surface area contributed by atoms with E-state index in [1.807, 2.05) is 0 Å². The van der Waals surface area contributed by atoms with E-state index < -0.39 is 0 Å². The Kier molecular flexibility index (Phi) is 3.71. The molecule has 0 bridgehead atoms. The molecule has 1 amide bonds. The van der Waals surface area contributed by atoms with E-state index in [4.69, 9.17) is 10.5 Å². The molecule has 1 aromatic rings. The summed E-state index contributed by atoms with van der Waals surface area (Å²) < 4.78 is 18.0. The first-order chi connectivity index (χ1) is 8.22. The Hall–Kier alpha value is -1.46. The van der Waals surface area contributed by atoms with E-state index in [1.165, 1.54) is 24.3 Å². The third kappa shape index (κ3) is 2.62. The number of morpholine rings is 1. The molecule has 1 aliphatic rings. The Labute approximate surface area is 99.2 Å². The van der Waals surface area contributed by atoms with Gasteiger partial charge in [0.1, 0.15) is 5.82 Å². The van der Waals surface area contributed by atoms with Crippen molar-refractivity contribution in [3.63, 3.8) is 0 Å². The SMILES string of the molecule is NCC1COCCN1C(=O)c1ccc(F)cc1. The van der Waals surface area contributed by atoms with Gasteiger partial charge in [0.15, 0.2) is 0 Å². The number of nitrogens with zero attached hydrogens (tertiary/aromatic N) is 1. The van der Waals surface area contributed by atoms with Crippen LogP contribution in [0.5, 0.6) is 0 Å². The summed E-state index contributed by atoms with van der Waals surface area (Å²) in [5.41, 5.74) is 6.08. The molecule has 92 valence electrons. The molecule has 5 heteroatoms. The van der Waals surface area contributed by atoms with E-state index in [1.54, 1.807) is 4.90 Å². The van der Waals surface area contributed by atoms with Crippen LogP contribution < -0.4 is 5.73 Å². The van der Waals surface area contributed by atoms with Crippen molar-refractivity contribution in [1.82, 2.24) is 4.90 Å². The zero-order chi connectivity index (χ0) is 12.3. The van der Waals surface area contributed by atoms with Gasteiger partial charge < -0.3 is 15.4 Å². The van der Waals surface area contributed by atoms with E-state index in [0.717, 1.165) is 0 Å². The monoisotopic (exact) mass is 238 g/mol. The molecule has 4 nitrogen and oxygen atoms in total. The molecule has 0 aromatic heterocycles. The number of benzene rings is 1. The van der Waals surface area contributed by atoms with Crippen molar-refractivity contribution in [3.8, 4) is 0 Å². The Morgan fingerprint density at radius 2 is 2.18 bits per heavy atom. The van der Waals surface area contributed by atoms with Crippen LogP contribution in [0.15, 0.2) is 24.3 Å². The smallest absolute Gasteiger partial charge is 0.254 e. The minimum absolute atomic E-state index is 0.0960. The van der Waals surface area contributed by atoms with Crippen molar-refractivity contribution < 1.29 is 13.9 Å². The number of carbonyl (C=O) groups excluding carboxylic acids is 1. The van der Waals surface area contributed by atoms with Crippen LogP contribution in [0, 0.1) is 5.82 Å². The summed E-state index contributed by atoms with van der Waals surface area (Å²) in [4.78, 5) is 13.9. The van der Waals surface area contributed by atoms with Crippen molar-refractivity contribution >= 4 is 5.91 Å². The van der Waals surface area contributed by atoms with E-state index in [-0.39, 0.29) is 17.8 Å². The molecule has 1 fully saturated rings. The third-order valence-corrected chi connectivity index (χ3v) is 2.85. The quantitative estimate of drug-likeness (QED) is 0.822. The molecule has 0 spiro atoms. The summed E-state index contributed by atoms with van der Waals surface area (Å²) in [6, 6.07) is 5.44. The molecule has 1 heterocycles. The van der Waals surface area contributed by atoms with Gasteiger partial charge >= 0.3 is 0 Å². The van der Waals surface area contributed by atoms with Crippen LogP contribution in [0.1, 0.15) is 10.4 Å². The number of halogens is 1. The lowest BCUT2D eigenvalue weighted by molar-refractivity contribution is 0.000837. The second-order valence-electron chi connectivity index (χ2n) is 3.97. The molecule has 1 atom stereocenters. The summed E-state index contributed by atoms with van der Waals surface area (Å²) in [7, 11) is 0. The molecular formula is C12H15FN2O2. The first-order valence-corrected chi connectivity index (χ1v) is 5.56.